The van der Waals surface area contributed by atoms with Gasteiger partial charge in [0.15, 0.2) is 0 Å². The van der Waals surface area contributed by atoms with Gasteiger partial charge in [0.05, 0.1) is 18.8 Å². The Morgan fingerprint density at radius 2 is 2.05 bits per heavy atom. The summed E-state index contributed by atoms with van der Waals surface area (Å²) < 4.78 is 16.1. The first kappa shape index (κ1) is 16.0. The summed E-state index contributed by atoms with van der Waals surface area (Å²) in [6, 6.07) is 0. The van der Waals surface area contributed by atoms with Crippen molar-refractivity contribution in [3.63, 3.8) is 0 Å². The molecule has 1 saturated heterocycles. The smallest absolute Gasteiger partial charge is 0.305 e. The summed E-state index contributed by atoms with van der Waals surface area (Å²) in [5.74, 6) is -0.429. The second-order valence-electron chi connectivity index (χ2n) is 4.80. The first-order chi connectivity index (χ1) is 9.06. The molecule has 0 unspecified atom stereocenters. The number of ether oxygens (including phenoxy) is 3. The fraction of sp³-hybridized carbons (Fsp3) is 0.857. The van der Waals surface area contributed by atoms with Gasteiger partial charge in [-0.1, -0.05) is 13.8 Å². The van der Waals surface area contributed by atoms with Crippen molar-refractivity contribution in [1.82, 2.24) is 0 Å². The molecule has 0 aliphatic carbocycles. The highest BCUT2D eigenvalue weighted by molar-refractivity contribution is 5.69. The van der Waals surface area contributed by atoms with E-state index in [0.717, 1.165) is 25.7 Å². The topological polar surface area (TPSA) is 61.8 Å². The molecule has 0 amide bonds. The van der Waals surface area contributed by atoms with E-state index >= 15 is 0 Å². The Hall–Kier alpha value is -1.10. The minimum Gasteiger partial charge on any atom is -0.466 e. The molecule has 1 fully saturated rings. The van der Waals surface area contributed by atoms with Gasteiger partial charge in [-0.25, -0.2) is 0 Å². The minimum atomic E-state index is -0.256. The summed E-state index contributed by atoms with van der Waals surface area (Å²) in [5.41, 5.74) is 0. The van der Waals surface area contributed by atoms with Crippen LogP contribution in [0.4, 0.5) is 0 Å². The standard InChI is InChI=1S/C14H24O5/c1-4-12-13(19-14(16)5-2)9-11(18-12)7-6-8-17-10(3)15/h11-13H,4-9H2,1-3H3/t11-,12+,13+/m1/s1. The SMILES string of the molecule is CCC(=O)O[C@H]1C[C@@H](CCCOC(C)=O)O[C@H]1CC. The Morgan fingerprint density at radius 1 is 1.32 bits per heavy atom. The van der Waals surface area contributed by atoms with Crippen LogP contribution in [0.5, 0.6) is 0 Å². The van der Waals surface area contributed by atoms with Crippen molar-refractivity contribution in [2.45, 2.75) is 71.2 Å². The van der Waals surface area contributed by atoms with Crippen molar-refractivity contribution in [3.8, 4) is 0 Å². The highest BCUT2D eigenvalue weighted by Gasteiger charge is 2.36. The van der Waals surface area contributed by atoms with Crippen LogP contribution in [-0.4, -0.2) is 36.9 Å². The molecule has 0 radical (unpaired) electrons. The summed E-state index contributed by atoms with van der Waals surface area (Å²) in [4.78, 5) is 22.0. The van der Waals surface area contributed by atoms with Crippen LogP contribution in [-0.2, 0) is 23.8 Å². The zero-order valence-corrected chi connectivity index (χ0v) is 12.0. The fourth-order valence-corrected chi connectivity index (χ4v) is 2.25. The highest BCUT2D eigenvalue weighted by Crippen LogP contribution is 2.28. The first-order valence-electron chi connectivity index (χ1n) is 7.05. The molecule has 0 aromatic heterocycles. The number of carbonyl (C=O) groups is 2. The zero-order valence-electron chi connectivity index (χ0n) is 12.0. The molecule has 1 heterocycles. The van der Waals surface area contributed by atoms with E-state index < -0.39 is 0 Å². The van der Waals surface area contributed by atoms with E-state index in [4.69, 9.17) is 14.2 Å². The third-order valence-corrected chi connectivity index (χ3v) is 3.23. The molecule has 110 valence electrons. The van der Waals surface area contributed by atoms with Crippen LogP contribution in [0.2, 0.25) is 0 Å². The molecule has 0 saturated carbocycles. The van der Waals surface area contributed by atoms with Gasteiger partial charge >= 0.3 is 11.9 Å². The summed E-state index contributed by atoms with van der Waals surface area (Å²) in [7, 11) is 0. The summed E-state index contributed by atoms with van der Waals surface area (Å²) in [6.07, 6.45) is 3.52. The zero-order chi connectivity index (χ0) is 14.3. The highest BCUT2D eigenvalue weighted by atomic mass is 16.6. The Kier molecular flexibility index (Phi) is 6.84. The number of carbonyl (C=O) groups excluding carboxylic acids is 2. The van der Waals surface area contributed by atoms with Gasteiger partial charge in [0.1, 0.15) is 6.10 Å². The van der Waals surface area contributed by atoms with Crippen LogP contribution < -0.4 is 0 Å². The van der Waals surface area contributed by atoms with Crippen molar-refractivity contribution in [1.29, 1.82) is 0 Å². The van der Waals surface area contributed by atoms with Crippen LogP contribution in [0.1, 0.15) is 52.9 Å². The van der Waals surface area contributed by atoms with Gasteiger partial charge < -0.3 is 14.2 Å². The van der Waals surface area contributed by atoms with Crippen molar-refractivity contribution in [2.24, 2.45) is 0 Å². The fourth-order valence-electron chi connectivity index (χ4n) is 2.25. The quantitative estimate of drug-likeness (QED) is 0.525. The van der Waals surface area contributed by atoms with Crippen molar-refractivity contribution in [2.75, 3.05) is 6.61 Å². The van der Waals surface area contributed by atoms with Gasteiger partial charge in [-0.15, -0.1) is 0 Å². The average Bonchev–Trinajstić information content (AvgIpc) is 2.76. The largest absolute Gasteiger partial charge is 0.466 e. The lowest BCUT2D eigenvalue weighted by Gasteiger charge is -2.16. The van der Waals surface area contributed by atoms with Gasteiger partial charge in [-0.05, 0) is 19.3 Å². The lowest BCUT2D eigenvalue weighted by molar-refractivity contribution is -0.151. The monoisotopic (exact) mass is 272 g/mol. The van der Waals surface area contributed by atoms with E-state index in [9.17, 15) is 9.59 Å². The van der Waals surface area contributed by atoms with Gasteiger partial charge in [0.25, 0.3) is 0 Å². The molecule has 0 N–H and O–H groups in total. The van der Waals surface area contributed by atoms with E-state index in [-0.39, 0.29) is 30.3 Å². The summed E-state index contributed by atoms with van der Waals surface area (Å²) >= 11 is 0. The molecule has 1 rings (SSSR count). The van der Waals surface area contributed by atoms with Crippen LogP contribution in [0, 0.1) is 0 Å². The summed E-state index contributed by atoms with van der Waals surface area (Å²) in [5, 5.41) is 0. The molecule has 0 spiro atoms. The van der Waals surface area contributed by atoms with Gasteiger partial charge in [0, 0.05) is 19.8 Å². The molecule has 5 nitrogen and oxygen atoms in total. The summed E-state index contributed by atoms with van der Waals surface area (Å²) in [6.45, 7) is 5.64. The molecule has 0 aromatic rings. The van der Waals surface area contributed by atoms with E-state index in [2.05, 4.69) is 0 Å². The third-order valence-electron chi connectivity index (χ3n) is 3.23. The van der Waals surface area contributed by atoms with Crippen LogP contribution in [0.3, 0.4) is 0 Å². The van der Waals surface area contributed by atoms with Crippen LogP contribution >= 0.6 is 0 Å². The van der Waals surface area contributed by atoms with E-state index in [0.29, 0.717) is 13.0 Å². The third kappa shape index (κ3) is 5.59. The Labute approximate surface area is 114 Å². The number of hydrogen-bond donors (Lipinski definition) is 0. The lowest BCUT2D eigenvalue weighted by atomic mass is 10.1. The van der Waals surface area contributed by atoms with E-state index in [1.165, 1.54) is 6.92 Å². The maximum absolute atomic E-state index is 11.3. The predicted octanol–water partition coefficient (Wildman–Crippen LogP) is 2.22. The second kappa shape index (κ2) is 8.15. The van der Waals surface area contributed by atoms with Gasteiger partial charge in [-0.3, -0.25) is 9.59 Å². The first-order valence-corrected chi connectivity index (χ1v) is 7.05. The number of esters is 2. The van der Waals surface area contributed by atoms with Crippen LogP contribution in [0.25, 0.3) is 0 Å². The molecule has 3 atom stereocenters. The minimum absolute atomic E-state index is 0.00535. The maximum atomic E-state index is 11.3. The Morgan fingerprint density at radius 3 is 2.63 bits per heavy atom. The van der Waals surface area contributed by atoms with Crippen LogP contribution in [0.15, 0.2) is 0 Å². The normalized spacial score (nSPS) is 26.2. The molecule has 19 heavy (non-hydrogen) atoms. The Bertz CT molecular complexity index is 302. The molecule has 1 aliphatic rings. The Balaban J connectivity index is 2.30. The average molecular weight is 272 g/mol. The molecule has 0 bridgehead atoms. The van der Waals surface area contributed by atoms with Gasteiger partial charge in [-0.2, -0.15) is 0 Å². The second-order valence-corrected chi connectivity index (χ2v) is 4.80. The predicted molar refractivity (Wildman–Crippen MR) is 69.6 cm³/mol. The molecule has 0 aromatic carbocycles. The number of hydrogen-bond acceptors (Lipinski definition) is 5. The van der Waals surface area contributed by atoms with Crippen molar-refractivity contribution in [3.05, 3.63) is 0 Å². The number of rotatable bonds is 7. The lowest BCUT2D eigenvalue weighted by Crippen LogP contribution is -2.26. The molecular weight excluding hydrogens is 248 g/mol. The van der Waals surface area contributed by atoms with Gasteiger partial charge in [0.2, 0.25) is 0 Å². The molecular formula is C14H24O5. The molecule has 1 aliphatic heterocycles. The van der Waals surface area contributed by atoms with Crippen molar-refractivity contribution < 1.29 is 23.8 Å². The molecule has 5 heteroatoms. The van der Waals surface area contributed by atoms with E-state index in [1.807, 2.05) is 6.92 Å². The van der Waals surface area contributed by atoms with E-state index in [1.54, 1.807) is 6.92 Å². The maximum Gasteiger partial charge on any atom is 0.305 e. The van der Waals surface area contributed by atoms with Crippen molar-refractivity contribution >= 4 is 11.9 Å².